The van der Waals surface area contributed by atoms with Crippen molar-refractivity contribution in [2.45, 2.75) is 39.4 Å². The number of benzene rings is 1. The third kappa shape index (κ3) is 2.59. The predicted molar refractivity (Wildman–Crippen MR) is 81.9 cm³/mol. The van der Waals surface area contributed by atoms with Gasteiger partial charge in [-0.25, -0.2) is 0 Å². The molecule has 0 bridgehead atoms. The number of para-hydroxylation sites is 1. The Kier molecular flexibility index (Phi) is 3.79. The molecule has 106 valence electrons. The van der Waals surface area contributed by atoms with Crippen LogP contribution in [0.5, 0.6) is 0 Å². The van der Waals surface area contributed by atoms with Crippen LogP contribution < -0.4 is 10.2 Å². The van der Waals surface area contributed by atoms with Crippen LogP contribution in [0.25, 0.3) is 0 Å². The highest BCUT2D eigenvalue weighted by Crippen LogP contribution is 2.33. The first-order valence-corrected chi connectivity index (χ1v) is 7.40. The third-order valence-corrected chi connectivity index (χ3v) is 3.94. The van der Waals surface area contributed by atoms with Gasteiger partial charge in [0.25, 0.3) is 0 Å². The minimum Gasteiger partial charge on any atom is -0.463 e. The largest absolute Gasteiger partial charge is 0.463 e. The standard InChI is InChI=1S/C17H22N2O/c1-3-18-11-15-8-9-16(20-15)12-19-13(2)10-14-6-4-5-7-17(14)19/h4-9,13,18H,3,10-12H2,1-2H3. The van der Waals surface area contributed by atoms with E-state index >= 15 is 0 Å². The molecule has 1 aliphatic heterocycles. The normalized spacial score (nSPS) is 17.5. The average Bonchev–Trinajstić information content (AvgIpc) is 3.02. The van der Waals surface area contributed by atoms with E-state index in [1.165, 1.54) is 11.3 Å². The molecule has 1 aliphatic rings. The van der Waals surface area contributed by atoms with Crippen LogP contribution >= 0.6 is 0 Å². The van der Waals surface area contributed by atoms with E-state index in [0.717, 1.165) is 37.6 Å². The lowest BCUT2D eigenvalue weighted by molar-refractivity contribution is 0.441. The van der Waals surface area contributed by atoms with Crippen LogP contribution in [0.3, 0.4) is 0 Å². The monoisotopic (exact) mass is 270 g/mol. The molecule has 1 unspecified atom stereocenters. The molecule has 20 heavy (non-hydrogen) atoms. The van der Waals surface area contributed by atoms with E-state index in [1.54, 1.807) is 0 Å². The minimum atomic E-state index is 0.537. The maximum Gasteiger partial charge on any atom is 0.123 e. The van der Waals surface area contributed by atoms with Crippen molar-refractivity contribution in [1.82, 2.24) is 5.32 Å². The van der Waals surface area contributed by atoms with E-state index in [-0.39, 0.29) is 0 Å². The molecule has 0 saturated carbocycles. The van der Waals surface area contributed by atoms with Crippen LogP contribution in [0.1, 0.15) is 30.9 Å². The van der Waals surface area contributed by atoms with Gasteiger partial charge in [-0.05, 0) is 43.7 Å². The maximum atomic E-state index is 5.91. The van der Waals surface area contributed by atoms with Crippen LogP contribution in [0.2, 0.25) is 0 Å². The summed E-state index contributed by atoms with van der Waals surface area (Å²) in [6.45, 7) is 7.01. The molecule has 1 aromatic carbocycles. The SMILES string of the molecule is CCNCc1ccc(CN2c3ccccc3CC2C)o1. The number of anilines is 1. The first kappa shape index (κ1) is 13.3. The average molecular weight is 270 g/mol. The van der Waals surface area contributed by atoms with Crippen molar-refractivity contribution in [1.29, 1.82) is 0 Å². The van der Waals surface area contributed by atoms with Crippen molar-refractivity contribution in [3.05, 3.63) is 53.5 Å². The number of fused-ring (bicyclic) bond motifs is 1. The van der Waals surface area contributed by atoms with Crippen molar-refractivity contribution in [3.63, 3.8) is 0 Å². The van der Waals surface area contributed by atoms with Crippen molar-refractivity contribution >= 4 is 5.69 Å². The zero-order chi connectivity index (χ0) is 13.9. The first-order chi connectivity index (χ1) is 9.78. The van der Waals surface area contributed by atoms with Crippen LogP contribution in [0.15, 0.2) is 40.8 Å². The van der Waals surface area contributed by atoms with Gasteiger partial charge in [-0.1, -0.05) is 25.1 Å². The van der Waals surface area contributed by atoms with Crippen molar-refractivity contribution in [2.75, 3.05) is 11.4 Å². The fourth-order valence-electron chi connectivity index (χ4n) is 2.89. The summed E-state index contributed by atoms with van der Waals surface area (Å²) in [4.78, 5) is 2.44. The minimum absolute atomic E-state index is 0.537. The summed E-state index contributed by atoms with van der Waals surface area (Å²) in [5.74, 6) is 2.06. The highest BCUT2D eigenvalue weighted by molar-refractivity contribution is 5.59. The van der Waals surface area contributed by atoms with E-state index < -0.39 is 0 Å². The quantitative estimate of drug-likeness (QED) is 0.903. The van der Waals surface area contributed by atoms with E-state index in [1.807, 2.05) is 0 Å². The lowest BCUT2D eigenvalue weighted by Gasteiger charge is -2.23. The van der Waals surface area contributed by atoms with Crippen LogP contribution in [0.4, 0.5) is 5.69 Å². The van der Waals surface area contributed by atoms with Crippen LogP contribution in [-0.4, -0.2) is 12.6 Å². The number of rotatable bonds is 5. The van der Waals surface area contributed by atoms with E-state index in [2.05, 4.69) is 60.5 Å². The van der Waals surface area contributed by atoms with E-state index in [0.29, 0.717) is 6.04 Å². The second kappa shape index (κ2) is 5.71. The Morgan fingerprint density at radius 1 is 1.20 bits per heavy atom. The van der Waals surface area contributed by atoms with Gasteiger partial charge < -0.3 is 14.6 Å². The molecule has 0 spiro atoms. The lowest BCUT2D eigenvalue weighted by Crippen LogP contribution is -2.28. The van der Waals surface area contributed by atoms with E-state index in [9.17, 15) is 0 Å². The van der Waals surface area contributed by atoms with Gasteiger partial charge in [0.1, 0.15) is 11.5 Å². The fraction of sp³-hybridized carbons (Fsp3) is 0.412. The van der Waals surface area contributed by atoms with Gasteiger partial charge in [-0.3, -0.25) is 0 Å². The highest BCUT2D eigenvalue weighted by atomic mass is 16.3. The molecule has 0 fully saturated rings. The molecule has 2 heterocycles. The Labute approximate surface area is 120 Å². The van der Waals surface area contributed by atoms with Gasteiger partial charge >= 0.3 is 0 Å². The first-order valence-electron chi connectivity index (χ1n) is 7.40. The molecule has 1 atom stereocenters. The molecule has 2 aromatic rings. The van der Waals surface area contributed by atoms with Crippen molar-refractivity contribution < 1.29 is 4.42 Å². The predicted octanol–water partition coefficient (Wildman–Crippen LogP) is 3.34. The maximum absolute atomic E-state index is 5.91. The Morgan fingerprint density at radius 2 is 2.00 bits per heavy atom. The molecule has 1 aromatic heterocycles. The topological polar surface area (TPSA) is 28.4 Å². The number of nitrogens with zero attached hydrogens (tertiary/aromatic N) is 1. The summed E-state index contributed by atoms with van der Waals surface area (Å²) >= 11 is 0. The van der Waals surface area contributed by atoms with Crippen LogP contribution in [0, 0.1) is 0 Å². The fourth-order valence-corrected chi connectivity index (χ4v) is 2.89. The van der Waals surface area contributed by atoms with Gasteiger partial charge in [0.2, 0.25) is 0 Å². The van der Waals surface area contributed by atoms with E-state index in [4.69, 9.17) is 4.42 Å². The van der Waals surface area contributed by atoms with Gasteiger partial charge in [0.05, 0.1) is 13.1 Å². The number of hydrogen-bond acceptors (Lipinski definition) is 3. The Bertz CT molecular complexity index is 576. The molecular weight excluding hydrogens is 248 g/mol. The van der Waals surface area contributed by atoms with Crippen molar-refractivity contribution in [2.24, 2.45) is 0 Å². The second-order valence-electron chi connectivity index (χ2n) is 5.46. The third-order valence-electron chi connectivity index (χ3n) is 3.94. The molecule has 0 radical (unpaired) electrons. The van der Waals surface area contributed by atoms with Gasteiger partial charge in [0, 0.05) is 11.7 Å². The Balaban J connectivity index is 1.73. The molecule has 3 rings (SSSR count). The molecule has 3 heteroatoms. The smallest absolute Gasteiger partial charge is 0.123 e. The van der Waals surface area contributed by atoms with Gasteiger partial charge in [-0.2, -0.15) is 0 Å². The summed E-state index contributed by atoms with van der Waals surface area (Å²) in [6.07, 6.45) is 1.13. The lowest BCUT2D eigenvalue weighted by atomic mass is 10.1. The second-order valence-corrected chi connectivity index (χ2v) is 5.46. The molecular formula is C17H22N2O. The Hall–Kier alpha value is -1.74. The summed E-state index contributed by atoms with van der Waals surface area (Å²) in [5.41, 5.74) is 2.80. The molecule has 0 aliphatic carbocycles. The van der Waals surface area contributed by atoms with Gasteiger partial charge in [-0.15, -0.1) is 0 Å². The van der Waals surface area contributed by atoms with Crippen LogP contribution in [-0.2, 0) is 19.5 Å². The molecule has 1 N–H and O–H groups in total. The zero-order valence-corrected chi connectivity index (χ0v) is 12.2. The molecule has 0 amide bonds. The summed E-state index contributed by atoms with van der Waals surface area (Å²) in [7, 11) is 0. The molecule has 3 nitrogen and oxygen atoms in total. The summed E-state index contributed by atoms with van der Waals surface area (Å²) < 4.78 is 5.91. The highest BCUT2D eigenvalue weighted by Gasteiger charge is 2.26. The van der Waals surface area contributed by atoms with Gasteiger partial charge in [0.15, 0.2) is 0 Å². The number of hydrogen-bond donors (Lipinski definition) is 1. The number of nitrogens with one attached hydrogen (secondary N) is 1. The van der Waals surface area contributed by atoms with Crippen molar-refractivity contribution in [3.8, 4) is 0 Å². The molecule has 0 saturated heterocycles. The summed E-state index contributed by atoms with van der Waals surface area (Å²) in [5, 5.41) is 3.29. The number of furan rings is 1. The summed E-state index contributed by atoms with van der Waals surface area (Å²) in [6, 6.07) is 13.4. The Morgan fingerprint density at radius 3 is 2.85 bits per heavy atom. The zero-order valence-electron chi connectivity index (χ0n) is 12.2.